The van der Waals surface area contributed by atoms with E-state index in [0.717, 1.165) is 25.4 Å². The largest absolute Gasteiger partial charge is 0.490 e. The van der Waals surface area contributed by atoms with Crippen LogP contribution in [-0.4, -0.2) is 78.2 Å². The van der Waals surface area contributed by atoms with Crippen molar-refractivity contribution in [1.82, 2.24) is 9.88 Å². The van der Waals surface area contributed by atoms with Crippen LogP contribution < -0.4 is 4.74 Å². The van der Waals surface area contributed by atoms with E-state index in [9.17, 15) is 18.0 Å². The minimum atomic E-state index is -5.08. The Bertz CT molecular complexity index is 786. The third-order valence-electron chi connectivity index (χ3n) is 5.48. The van der Waals surface area contributed by atoms with E-state index in [1.54, 1.807) is 25.4 Å². The monoisotopic (exact) mass is 446 g/mol. The molecular formula is C20H25F3N2O6. The molecule has 31 heavy (non-hydrogen) atoms. The maximum Gasteiger partial charge on any atom is 0.490 e. The fourth-order valence-electron chi connectivity index (χ4n) is 3.76. The van der Waals surface area contributed by atoms with Crippen LogP contribution >= 0.6 is 0 Å². The first kappa shape index (κ1) is 23.3. The summed E-state index contributed by atoms with van der Waals surface area (Å²) in [5.74, 6) is -1.66. The number of hydrogen-bond donors (Lipinski definition) is 1. The van der Waals surface area contributed by atoms with Gasteiger partial charge in [-0.15, -0.1) is 0 Å². The first-order chi connectivity index (χ1) is 14.7. The minimum Gasteiger partial charge on any atom is -0.480 e. The fourth-order valence-corrected chi connectivity index (χ4v) is 3.76. The molecule has 1 saturated heterocycles. The van der Waals surface area contributed by atoms with Crippen LogP contribution in [0.15, 0.2) is 18.3 Å². The summed E-state index contributed by atoms with van der Waals surface area (Å²) in [6.45, 7) is 1.99. The number of alkyl halides is 3. The predicted octanol–water partition coefficient (Wildman–Crippen LogP) is 2.52. The predicted molar refractivity (Wildman–Crippen MR) is 101 cm³/mol. The molecule has 11 heteroatoms. The molecule has 0 aromatic carbocycles. The molecule has 4 rings (SSSR count). The first-order valence-electron chi connectivity index (χ1n) is 10.1. The number of methoxy groups -OCH3 is 1. The number of amides is 1. The van der Waals surface area contributed by atoms with Crippen LogP contribution in [0.3, 0.4) is 0 Å². The number of rotatable bonds is 5. The Kier molecular flexibility index (Phi) is 7.37. The van der Waals surface area contributed by atoms with E-state index in [0.29, 0.717) is 24.6 Å². The molecule has 1 aromatic rings. The molecule has 3 fully saturated rings. The molecule has 2 heterocycles. The van der Waals surface area contributed by atoms with E-state index >= 15 is 0 Å². The molecule has 1 aromatic heterocycles. The number of pyridine rings is 1. The van der Waals surface area contributed by atoms with Crippen LogP contribution in [0.4, 0.5) is 13.2 Å². The van der Waals surface area contributed by atoms with Crippen LogP contribution in [0.5, 0.6) is 5.88 Å². The lowest BCUT2D eigenvalue weighted by molar-refractivity contribution is -0.192. The molecule has 8 nitrogen and oxygen atoms in total. The summed E-state index contributed by atoms with van der Waals surface area (Å²) in [7, 11) is 1.54. The highest BCUT2D eigenvalue weighted by Crippen LogP contribution is 2.36. The summed E-state index contributed by atoms with van der Waals surface area (Å²) >= 11 is 0. The number of ether oxygens (including phenoxy) is 3. The zero-order valence-corrected chi connectivity index (χ0v) is 17.0. The highest BCUT2D eigenvalue weighted by Gasteiger charge is 2.46. The van der Waals surface area contributed by atoms with Gasteiger partial charge in [-0.05, 0) is 43.7 Å². The zero-order valence-electron chi connectivity index (χ0n) is 17.0. The summed E-state index contributed by atoms with van der Waals surface area (Å²) in [4.78, 5) is 28.0. The Morgan fingerprint density at radius 2 is 2.00 bits per heavy atom. The van der Waals surface area contributed by atoms with Gasteiger partial charge in [0.2, 0.25) is 5.88 Å². The number of carbonyl (C=O) groups excluding carboxylic acids is 1. The van der Waals surface area contributed by atoms with Gasteiger partial charge in [0, 0.05) is 19.3 Å². The number of hydrogen-bond acceptors (Lipinski definition) is 6. The number of nitrogens with zero attached hydrogens (tertiary/aromatic N) is 2. The molecule has 1 N–H and O–H groups in total. The van der Waals surface area contributed by atoms with E-state index in [4.69, 9.17) is 24.1 Å². The van der Waals surface area contributed by atoms with Crippen molar-refractivity contribution >= 4 is 11.9 Å². The number of fused-ring (bicyclic) bond motifs is 1. The maximum atomic E-state index is 13.0. The highest BCUT2D eigenvalue weighted by atomic mass is 19.4. The summed E-state index contributed by atoms with van der Waals surface area (Å²) in [6.07, 6.45) is 1.10. The van der Waals surface area contributed by atoms with Gasteiger partial charge in [-0.3, -0.25) is 4.79 Å². The van der Waals surface area contributed by atoms with E-state index in [-0.39, 0.29) is 24.2 Å². The van der Waals surface area contributed by atoms with Crippen LogP contribution in [0.2, 0.25) is 0 Å². The zero-order chi connectivity index (χ0) is 22.6. The lowest BCUT2D eigenvalue weighted by Gasteiger charge is -2.39. The van der Waals surface area contributed by atoms with Crippen molar-refractivity contribution in [3.63, 3.8) is 0 Å². The lowest BCUT2D eigenvalue weighted by Crippen LogP contribution is -2.54. The number of aliphatic carboxylic acids is 1. The number of aromatic nitrogens is 1. The number of halogens is 3. The van der Waals surface area contributed by atoms with Gasteiger partial charge in [-0.25, -0.2) is 9.78 Å². The van der Waals surface area contributed by atoms with Gasteiger partial charge < -0.3 is 24.2 Å². The molecule has 0 spiro atoms. The molecule has 1 amide bonds. The molecule has 2 saturated carbocycles. The van der Waals surface area contributed by atoms with Gasteiger partial charge in [-0.1, -0.05) is 0 Å². The Labute approximate surface area is 177 Å². The summed E-state index contributed by atoms with van der Waals surface area (Å²) in [6, 6.07) is 3.62. The van der Waals surface area contributed by atoms with E-state index < -0.39 is 12.1 Å². The van der Waals surface area contributed by atoms with E-state index in [1.807, 2.05) is 4.90 Å². The van der Waals surface area contributed by atoms with Gasteiger partial charge in [0.05, 0.1) is 25.9 Å². The van der Waals surface area contributed by atoms with Gasteiger partial charge >= 0.3 is 12.1 Å². The highest BCUT2D eigenvalue weighted by molar-refractivity contribution is 5.96. The quantitative estimate of drug-likeness (QED) is 0.742. The molecule has 0 radical (unpaired) electrons. The van der Waals surface area contributed by atoms with Crippen molar-refractivity contribution in [3.05, 3.63) is 23.9 Å². The van der Waals surface area contributed by atoms with Crippen LogP contribution in [0.1, 0.15) is 36.0 Å². The number of morpholine rings is 1. The molecular weight excluding hydrogens is 421 g/mol. The topological polar surface area (TPSA) is 98.2 Å². The minimum absolute atomic E-state index is 0.0101. The van der Waals surface area contributed by atoms with Crippen LogP contribution in [0.25, 0.3) is 0 Å². The Morgan fingerprint density at radius 1 is 1.29 bits per heavy atom. The molecule has 1 aliphatic heterocycles. The summed E-state index contributed by atoms with van der Waals surface area (Å²) in [5, 5.41) is 7.12. The lowest BCUT2D eigenvalue weighted by atomic mass is 10.1. The van der Waals surface area contributed by atoms with Gasteiger partial charge in [0.15, 0.2) is 0 Å². The first-order valence-corrected chi connectivity index (χ1v) is 10.1. The molecule has 0 bridgehead atoms. The molecule has 3 aliphatic rings. The van der Waals surface area contributed by atoms with E-state index in [1.165, 1.54) is 12.8 Å². The van der Waals surface area contributed by atoms with Crippen molar-refractivity contribution in [3.8, 4) is 5.88 Å². The van der Waals surface area contributed by atoms with Crippen molar-refractivity contribution < 1.29 is 42.1 Å². The Balaban J connectivity index is 0.000000339. The van der Waals surface area contributed by atoms with Crippen LogP contribution in [0, 0.1) is 5.92 Å². The maximum absolute atomic E-state index is 13.0. The summed E-state index contributed by atoms with van der Waals surface area (Å²) in [5.41, 5.74) is 0.517. The molecule has 172 valence electrons. The third-order valence-corrected chi connectivity index (χ3v) is 5.48. The molecule has 3 atom stereocenters. The normalized spacial score (nSPS) is 25.3. The SMILES string of the molecule is COc1ncccc1C(=O)N1CCO[C@H]2[C@@H](OCC3CC3)CC[C@@H]21.O=C(O)C(F)(F)F. The van der Waals surface area contributed by atoms with E-state index in [2.05, 4.69) is 4.98 Å². The van der Waals surface area contributed by atoms with Crippen molar-refractivity contribution in [1.29, 1.82) is 0 Å². The standard InChI is InChI=1S/C18H24N2O4.C2HF3O2/c1-22-17-13(3-2-8-19-17)18(21)20-9-10-23-16-14(20)6-7-15(16)24-11-12-4-5-12;3-2(4,5)1(6)7/h2-3,8,12,14-16H,4-7,9-11H2,1H3;(H,6,7)/t14-,15-,16+;/m0./s1. The number of carboxylic acids is 1. The fraction of sp³-hybridized carbons (Fsp3) is 0.650. The second-order valence-corrected chi connectivity index (χ2v) is 7.66. The van der Waals surface area contributed by atoms with Crippen molar-refractivity contribution in [2.75, 3.05) is 26.9 Å². The molecule has 2 aliphatic carbocycles. The van der Waals surface area contributed by atoms with Crippen LogP contribution in [-0.2, 0) is 14.3 Å². The second kappa shape index (κ2) is 9.82. The smallest absolute Gasteiger partial charge is 0.480 e. The van der Waals surface area contributed by atoms with Gasteiger partial charge in [0.1, 0.15) is 11.7 Å². The second-order valence-electron chi connectivity index (χ2n) is 7.66. The number of carbonyl (C=O) groups is 2. The Hall–Kier alpha value is -2.40. The summed E-state index contributed by atoms with van der Waals surface area (Å²) < 4.78 is 49.0. The third kappa shape index (κ3) is 5.85. The van der Waals surface area contributed by atoms with Gasteiger partial charge in [0.25, 0.3) is 5.91 Å². The average molecular weight is 446 g/mol. The van der Waals surface area contributed by atoms with Gasteiger partial charge in [-0.2, -0.15) is 13.2 Å². The number of carboxylic acid groups (broad SMARTS) is 1. The van der Waals surface area contributed by atoms with Crippen molar-refractivity contribution in [2.24, 2.45) is 5.92 Å². The average Bonchev–Trinajstić information content (AvgIpc) is 3.49. The molecule has 0 unspecified atom stereocenters. The Morgan fingerprint density at radius 3 is 2.61 bits per heavy atom. The van der Waals surface area contributed by atoms with Crippen molar-refractivity contribution in [2.45, 2.75) is 50.1 Å².